The van der Waals surface area contributed by atoms with Gasteiger partial charge in [-0.3, -0.25) is 4.79 Å². The normalized spacial score (nSPS) is 19.1. The fourth-order valence-electron chi connectivity index (χ4n) is 2.37. The van der Waals surface area contributed by atoms with E-state index in [0.29, 0.717) is 11.6 Å². The largest absolute Gasteiger partial charge is 0.383 e. The van der Waals surface area contributed by atoms with Crippen LogP contribution in [0, 0.1) is 13.8 Å². The molecule has 1 aliphatic heterocycles. The van der Waals surface area contributed by atoms with E-state index in [0.717, 1.165) is 30.8 Å². The van der Waals surface area contributed by atoms with Crippen LogP contribution in [0.3, 0.4) is 0 Å². The summed E-state index contributed by atoms with van der Waals surface area (Å²) in [7, 11) is 1.66. The number of carbonyl (C=O) groups is 1. The summed E-state index contributed by atoms with van der Waals surface area (Å²) in [5.41, 5.74) is 6.71. The number of hydrogen-bond acceptors (Lipinski definition) is 5. The van der Waals surface area contributed by atoms with Crippen LogP contribution in [0.1, 0.15) is 24.2 Å². The van der Waals surface area contributed by atoms with Gasteiger partial charge in [-0.1, -0.05) is 0 Å². The molecular formula is C12H19N5O. The van der Waals surface area contributed by atoms with Crippen molar-refractivity contribution in [2.45, 2.75) is 32.7 Å². The van der Waals surface area contributed by atoms with Gasteiger partial charge in [0.2, 0.25) is 5.91 Å². The molecule has 1 unspecified atom stereocenters. The van der Waals surface area contributed by atoms with E-state index in [1.54, 1.807) is 7.05 Å². The smallest absolute Gasteiger partial charge is 0.242 e. The number of anilines is 2. The number of rotatable bonds is 2. The molecule has 1 aromatic heterocycles. The van der Waals surface area contributed by atoms with Crippen molar-refractivity contribution in [1.82, 2.24) is 15.3 Å². The molecule has 1 aromatic rings. The van der Waals surface area contributed by atoms with Gasteiger partial charge in [0.15, 0.2) is 0 Å². The van der Waals surface area contributed by atoms with E-state index in [1.807, 2.05) is 18.7 Å². The maximum atomic E-state index is 11.9. The predicted molar refractivity (Wildman–Crippen MR) is 70.4 cm³/mol. The number of hydrogen-bond donors (Lipinski definition) is 2. The maximum Gasteiger partial charge on any atom is 0.242 e. The molecule has 3 N–H and O–H groups in total. The molecule has 0 bridgehead atoms. The highest BCUT2D eigenvalue weighted by Crippen LogP contribution is 2.28. The number of amides is 1. The molecule has 6 heteroatoms. The minimum Gasteiger partial charge on any atom is -0.383 e. The number of nitrogens with two attached hydrogens (primary N) is 1. The fourth-order valence-corrected chi connectivity index (χ4v) is 2.37. The summed E-state index contributed by atoms with van der Waals surface area (Å²) in [6.07, 6.45) is 1.84. The molecule has 2 rings (SSSR count). The Morgan fingerprint density at radius 2 is 2.17 bits per heavy atom. The minimum atomic E-state index is -0.151. The Hall–Kier alpha value is -1.85. The van der Waals surface area contributed by atoms with Crippen molar-refractivity contribution < 1.29 is 4.79 Å². The third-order valence-corrected chi connectivity index (χ3v) is 3.34. The second-order valence-electron chi connectivity index (χ2n) is 4.57. The third kappa shape index (κ3) is 2.10. The molecule has 6 nitrogen and oxygen atoms in total. The van der Waals surface area contributed by atoms with Crippen LogP contribution in [-0.4, -0.2) is 35.5 Å². The first-order chi connectivity index (χ1) is 8.54. The van der Waals surface area contributed by atoms with Gasteiger partial charge in [0.1, 0.15) is 23.5 Å². The molecule has 2 heterocycles. The van der Waals surface area contributed by atoms with Crippen molar-refractivity contribution in [3.05, 3.63) is 11.4 Å². The second-order valence-corrected chi connectivity index (χ2v) is 4.57. The lowest BCUT2D eigenvalue weighted by Crippen LogP contribution is -2.42. The van der Waals surface area contributed by atoms with E-state index in [9.17, 15) is 4.79 Å². The number of likely N-dealkylation sites (N-methyl/N-ethyl adjacent to an activating group) is 1. The topological polar surface area (TPSA) is 84.1 Å². The van der Waals surface area contributed by atoms with Gasteiger partial charge in [-0.05, 0) is 26.7 Å². The van der Waals surface area contributed by atoms with Crippen LogP contribution in [0.15, 0.2) is 0 Å². The Morgan fingerprint density at radius 3 is 2.83 bits per heavy atom. The van der Waals surface area contributed by atoms with Crippen LogP contribution in [0.4, 0.5) is 11.6 Å². The van der Waals surface area contributed by atoms with Crippen LogP contribution < -0.4 is 16.0 Å². The second kappa shape index (κ2) is 4.80. The number of aryl methyl sites for hydroxylation is 1. The van der Waals surface area contributed by atoms with Crippen molar-refractivity contribution >= 4 is 17.5 Å². The predicted octanol–water partition coefficient (Wildman–Crippen LogP) is 0.390. The summed E-state index contributed by atoms with van der Waals surface area (Å²) in [6, 6.07) is -0.151. The zero-order chi connectivity index (χ0) is 13.3. The lowest BCUT2D eigenvalue weighted by Gasteiger charge is -2.26. The van der Waals surface area contributed by atoms with Gasteiger partial charge in [0.25, 0.3) is 0 Å². The van der Waals surface area contributed by atoms with Crippen LogP contribution in [-0.2, 0) is 4.79 Å². The Morgan fingerprint density at radius 1 is 1.44 bits per heavy atom. The summed E-state index contributed by atoms with van der Waals surface area (Å²) in [6.45, 7) is 4.53. The van der Waals surface area contributed by atoms with Gasteiger partial charge in [-0.2, -0.15) is 0 Å². The van der Waals surface area contributed by atoms with Crippen molar-refractivity contribution in [2.24, 2.45) is 0 Å². The molecule has 0 aliphatic carbocycles. The van der Waals surface area contributed by atoms with Gasteiger partial charge in [-0.15, -0.1) is 0 Å². The van der Waals surface area contributed by atoms with E-state index in [1.165, 1.54) is 0 Å². The summed E-state index contributed by atoms with van der Waals surface area (Å²) in [5, 5.41) is 2.70. The van der Waals surface area contributed by atoms with Gasteiger partial charge in [0.05, 0.1) is 0 Å². The number of nitrogen functional groups attached to an aromatic ring is 1. The molecule has 1 atom stereocenters. The fraction of sp³-hybridized carbons (Fsp3) is 0.583. The van der Waals surface area contributed by atoms with Gasteiger partial charge >= 0.3 is 0 Å². The monoisotopic (exact) mass is 249 g/mol. The van der Waals surface area contributed by atoms with Crippen LogP contribution in [0.5, 0.6) is 0 Å². The summed E-state index contributed by atoms with van der Waals surface area (Å²) >= 11 is 0. The quantitative estimate of drug-likeness (QED) is 0.792. The zero-order valence-electron chi connectivity index (χ0n) is 11.0. The highest BCUT2D eigenvalue weighted by molar-refractivity contribution is 5.85. The SMILES string of the molecule is CNC(=O)C1CCCN1c1nc(C)nc(N)c1C. The van der Waals surface area contributed by atoms with Crippen molar-refractivity contribution in [3.63, 3.8) is 0 Å². The van der Waals surface area contributed by atoms with Gasteiger partial charge < -0.3 is 16.0 Å². The number of carbonyl (C=O) groups excluding carboxylic acids is 1. The first-order valence-corrected chi connectivity index (χ1v) is 6.13. The molecule has 1 amide bonds. The average molecular weight is 249 g/mol. The molecular weight excluding hydrogens is 230 g/mol. The summed E-state index contributed by atoms with van der Waals surface area (Å²) in [5.74, 6) is 1.93. The standard InChI is InChI=1S/C12H19N5O/c1-7-10(13)15-8(2)16-11(7)17-6-4-5-9(17)12(18)14-3/h9H,4-6H2,1-3H3,(H,14,18)(H2,13,15,16). The van der Waals surface area contributed by atoms with Crippen LogP contribution >= 0.6 is 0 Å². The average Bonchev–Trinajstić information content (AvgIpc) is 2.81. The molecule has 0 aromatic carbocycles. The minimum absolute atomic E-state index is 0.0294. The molecule has 1 fully saturated rings. The molecule has 1 saturated heterocycles. The van der Waals surface area contributed by atoms with E-state index in [4.69, 9.17) is 5.73 Å². The Balaban J connectivity index is 2.39. The van der Waals surface area contributed by atoms with E-state index < -0.39 is 0 Å². The first kappa shape index (κ1) is 12.6. The molecule has 18 heavy (non-hydrogen) atoms. The summed E-state index contributed by atoms with van der Waals surface area (Å²) in [4.78, 5) is 22.5. The lowest BCUT2D eigenvalue weighted by atomic mass is 10.2. The van der Waals surface area contributed by atoms with E-state index in [2.05, 4.69) is 15.3 Å². The number of nitrogens with one attached hydrogen (secondary N) is 1. The van der Waals surface area contributed by atoms with Gasteiger partial charge in [0, 0.05) is 19.2 Å². The third-order valence-electron chi connectivity index (χ3n) is 3.34. The summed E-state index contributed by atoms with van der Waals surface area (Å²) < 4.78 is 0. The lowest BCUT2D eigenvalue weighted by molar-refractivity contribution is -0.121. The van der Waals surface area contributed by atoms with E-state index >= 15 is 0 Å². The Bertz CT molecular complexity index is 474. The van der Waals surface area contributed by atoms with Crippen molar-refractivity contribution in [3.8, 4) is 0 Å². The molecule has 0 saturated carbocycles. The maximum absolute atomic E-state index is 11.9. The van der Waals surface area contributed by atoms with Crippen LogP contribution in [0.2, 0.25) is 0 Å². The highest BCUT2D eigenvalue weighted by atomic mass is 16.2. The van der Waals surface area contributed by atoms with Gasteiger partial charge in [-0.25, -0.2) is 9.97 Å². The molecule has 0 radical (unpaired) electrons. The van der Waals surface area contributed by atoms with Crippen molar-refractivity contribution in [2.75, 3.05) is 24.2 Å². The zero-order valence-corrected chi connectivity index (χ0v) is 11.0. The molecule has 1 aliphatic rings. The first-order valence-electron chi connectivity index (χ1n) is 6.13. The Kier molecular flexibility index (Phi) is 3.36. The number of nitrogens with zero attached hydrogens (tertiary/aromatic N) is 3. The highest BCUT2D eigenvalue weighted by Gasteiger charge is 2.32. The van der Waals surface area contributed by atoms with Crippen molar-refractivity contribution in [1.29, 1.82) is 0 Å². The van der Waals surface area contributed by atoms with Crippen LogP contribution in [0.25, 0.3) is 0 Å². The number of aromatic nitrogens is 2. The Labute approximate surface area is 107 Å². The van der Waals surface area contributed by atoms with E-state index in [-0.39, 0.29) is 11.9 Å². The molecule has 0 spiro atoms. The molecule has 98 valence electrons.